The number of carbonyl (C=O) groups is 1. The molecule has 0 fully saturated rings. The molecule has 0 saturated carbocycles. The summed E-state index contributed by atoms with van der Waals surface area (Å²) in [5.41, 5.74) is 3.05. The Morgan fingerprint density at radius 2 is 1.66 bits per heavy atom. The summed E-state index contributed by atoms with van der Waals surface area (Å²) in [5.74, 6) is 1.45. The maximum Gasteiger partial charge on any atom is 0.234 e. The van der Waals surface area contributed by atoms with Crippen LogP contribution >= 0.6 is 11.8 Å². The summed E-state index contributed by atoms with van der Waals surface area (Å²) in [6.45, 7) is 0. The molecule has 1 aromatic heterocycles. The predicted octanol–water partition coefficient (Wildman–Crippen LogP) is 5.63. The lowest BCUT2D eigenvalue weighted by atomic mass is 10.2. The Labute approximate surface area is 189 Å². The third-order valence-corrected chi connectivity index (χ3v) is 5.20. The van der Waals surface area contributed by atoms with E-state index in [1.54, 1.807) is 31.4 Å². The third-order valence-electron chi connectivity index (χ3n) is 4.35. The van der Waals surface area contributed by atoms with Crippen molar-refractivity contribution >= 4 is 34.7 Å². The van der Waals surface area contributed by atoms with Crippen LogP contribution in [0, 0.1) is 0 Å². The fourth-order valence-corrected chi connectivity index (χ4v) is 3.34. The number of benzene rings is 3. The van der Waals surface area contributed by atoms with E-state index in [1.807, 2.05) is 54.6 Å². The van der Waals surface area contributed by atoms with E-state index in [9.17, 15) is 4.79 Å². The normalized spacial score (nSPS) is 10.9. The van der Waals surface area contributed by atoms with Crippen LogP contribution in [-0.2, 0) is 4.79 Å². The summed E-state index contributed by atoms with van der Waals surface area (Å²) in [6, 6.07) is 24.2. The molecule has 160 valence electrons. The molecule has 0 aliphatic rings. The van der Waals surface area contributed by atoms with Crippen molar-refractivity contribution in [1.82, 2.24) is 15.2 Å². The van der Waals surface area contributed by atoms with Gasteiger partial charge in [0.2, 0.25) is 11.1 Å². The Kier molecular flexibility index (Phi) is 6.88. The quantitative estimate of drug-likeness (QED) is 0.271. The highest BCUT2D eigenvalue weighted by atomic mass is 32.2. The number of aromatic nitrogens is 3. The minimum absolute atomic E-state index is 0.149. The zero-order valence-corrected chi connectivity index (χ0v) is 18.0. The Balaban J connectivity index is 1.27. The predicted molar refractivity (Wildman–Crippen MR) is 125 cm³/mol. The van der Waals surface area contributed by atoms with Crippen LogP contribution < -0.4 is 10.1 Å². The summed E-state index contributed by atoms with van der Waals surface area (Å²) < 4.78 is 5.16. The highest BCUT2D eigenvalue weighted by Gasteiger charge is 2.09. The molecule has 4 aromatic rings. The SMILES string of the molecule is COc1ccc(-c2nc(SCC(=O)Nc3ccc(N=Nc4ccccc4)cc3)n[nH]2)cc1. The topological polar surface area (TPSA) is 105 Å². The van der Waals surface area contributed by atoms with Gasteiger partial charge in [-0.25, -0.2) is 4.98 Å². The number of thioether (sulfide) groups is 1. The molecule has 0 unspecified atom stereocenters. The van der Waals surface area contributed by atoms with Crippen LogP contribution in [-0.4, -0.2) is 34.0 Å². The Morgan fingerprint density at radius 1 is 0.969 bits per heavy atom. The summed E-state index contributed by atoms with van der Waals surface area (Å²) in [7, 11) is 1.62. The third kappa shape index (κ3) is 5.79. The van der Waals surface area contributed by atoms with E-state index in [0.717, 1.165) is 17.0 Å². The van der Waals surface area contributed by atoms with Crippen molar-refractivity contribution in [3.63, 3.8) is 0 Å². The minimum atomic E-state index is -0.149. The molecule has 0 atom stereocenters. The van der Waals surface area contributed by atoms with E-state index in [2.05, 4.69) is 30.7 Å². The molecule has 0 bridgehead atoms. The number of hydrogen-bond donors (Lipinski definition) is 2. The highest BCUT2D eigenvalue weighted by Crippen LogP contribution is 2.23. The molecule has 3 aromatic carbocycles. The molecule has 0 saturated heterocycles. The highest BCUT2D eigenvalue weighted by molar-refractivity contribution is 7.99. The number of methoxy groups -OCH3 is 1. The van der Waals surface area contributed by atoms with Gasteiger partial charge in [-0.05, 0) is 60.7 Å². The van der Waals surface area contributed by atoms with E-state index in [0.29, 0.717) is 22.4 Å². The zero-order chi connectivity index (χ0) is 22.2. The average molecular weight is 445 g/mol. The maximum absolute atomic E-state index is 12.3. The van der Waals surface area contributed by atoms with Gasteiger partial charge in [-0.1, -0.05) is 30.0 Å². The van der Waals surface area contributed by atoms with Gasteiger partial charge in [-0.2, -0.15) is 10.2 Å². The zero-order valence-electron chi connectivity index (χ0n) is 17.2. The summed E-state index contributed by atoms with van der Waals surface area (Å²) in [5, 5.41) is 18.8. The Morgan fingerprint density at radius 3 is 2.34 bits per heavy atom. The number of ether oxygens (including phenoxy) is 1. The number of nitrogens with one attached hydrogen (secondary N) is 2. The van der Waals surface area contributed by atoms with Crippen molar-refractivity contribution < 1.29 is 9.53 Å². The number of anilines is 1. The van der Waals surface area contributed by atoms with Gasteiger partial charge in [-0.3, -0.25) is 9.89 Å². The number of hydrogen-bond acceptors (Lipinski definition) is 7. The molecule has 32 heavy (non-hydrogen) atoms. The summed E-state index contributed by atoms with van der Waals surface area (Å²) >= 11 is 1.26. The van der Waals surface area contributed by atoms with E-state index in [1.165, 1.54) is 11.8 Å². The monoisotopic (exact) mass is 444 g/mol. The molecule has 0 aliphatic heterocycles. The van der Waals surface area contributed by atoms with Crippen molar-refractivity contribution in [2.45, 2.75) is 5.16 Å². The molecule has 0 spiro atoms. The number of carbonyl (C=O) groups excluding carboxylic acids is 1. The first-order chi connectivity index (χ1) is 15.7. The lowest BCUT2D eigenvalue weighted by molar-refractivity contribution is -0.113. The first-order valence-electron chi connectivity index (χ1n) is 9.76. The first-order valence-corrected chi connectivity index (χ1v) is 10.7. The largest absolute Gasteiger partial charge is 0.497 e. The van der Waals surface area contributed by atoms with Crippen molar-refractivity contribution in [2.24, 2.45) is 10.2 Å². The lowest BCUT2D eigenvalue weighted by Gasteiger charge is -2.04. The van der Waals surface area contributed by atoms with Crippen LogP contribution in [0.2, 0.25) is 0 Å². The number of rotatable bonds is 8. The summed E-state index contributed by atoms with van der Waals surface area (Å²) in [6.07, 6.45) is 0. The molecule has 1 heterocycles. The second-order valence-electron chi connectivity index (χ2n) is 6.61. The lowest BCUT2D eigenvalue weighted by Crippen LogP contribution is -2.13. The van der Waals surface area contributed by atoms with Crippen molar-refractivity contribution in [2.75, 3.05) is 18.2 Å². The molecule has 0 radical (unpaired) electrons. The molecule has 2 N–H and O–H groups in total. The van der Waals surface area contributed by atoms with E-state index < -0.39 is 0 Å². The average Bonchev–Trinajstić information content (AvgIpc) is 3.32. The van der Waals surface area contributed by atoms with Gasteiger partial charge in [-0.15, -0.1) is 5.10 Å². The molecule has 9 heteroatoms. The van der Waals surface area contributed by atoms with Gasteiger partial charge >= 0.3 is 0 Å². The van der Waals surface area contributed by atoms with Gasteiger partial charge in [0.25, 0.3) is 0 Å². The number of amides is 1. The molecule has 4 rings (SSSR count). The van der Waals surface area contributed by atoms with Crippen LogP contribution in [0.5, 0.6) is 5.75 Å². The number of aromatic amines is 1. The van der Waals surface area contributed by atoms with Gasteiger partial charge in [0, 0.05) is 11.3 Å². The second kappa shape index (κ2) is 10.4. The molecular formula is C23H20N6O2S. The van der Waals surface area contributed by atoms with E-state index in [-0.39, 0.29) is 11.7 Å². The van der Waals surface area contributed by atoms with E-state index >= 15 is 0 Å². The maximum atomic E-state index is 12.3. The second-order valence-corrected chi connectivity index (χ2v) is 7.56. The smallest absolute Gasteiger partial charge is 0.234 e. The number of H-pyrrole nitrogens is 1. The molecule has 8 nitrogen and oxygen atoms in total. The van der Waals surface area contributed by atoms with Gasteiger partial charge in [0.15, 0.2) is 5.82 Å². The van der Waals surface area contributed by atoms with Crippen molar-refractivity contribution in [3.8, 4) is 17.1 Å². The number of azo groups is 1. The molecular weight excluding hydrogens is 424 g/mol. The van der Waals surface area contributed by atoms with Crippen LogP contribution in [0.4, 0.5) is 17.1 Å². The Bertz CT molecular complexity index is 1190. The van der Waals surface area contributed by atoms with Crippen molar-refractivity contribution in [3.05, 3.63) is 78.9 Å². The Hall–Kier alpha value is -3.98. The first kappa shape index (κ1) is 21.3. The summed E-state index contributed by atoms with van der Waals surface area (Å²) in [4.78, 5) is 16.7. The van der Waals surface area contributed by atoms with E-state index in [4.69, 9.17) is 4.74 Å². The van der Waals surface area contributed by atoms with Gasteiger partial charge in [0.05, 0.1) is 24.2 Å². The molecule has 1 amide bonds. The van der Waals surface area contributed by atoms with Crippen LogP contribution in [0.25, 0.3) is 11.4 Å². The molecule has 0 aliphatic carbocycles. The fraction of sp³-hybridized carbons (Fsp3) is 0.0870. The number of nitrogens with zero attached hydrogens (tertiary/aromatic N) is 4. The van der Waals surface area contributed by atoms with Crippen LogP contribution in [0.1, 0.15) is 0 Å². The van der Waals surface area contributed by atoms with Gasteiger partial charge in [0.1, 0.15) is 5.75 Å². The van der Waals surface area contributed by atoms with Gasteiger partial charge < -0.3 is 10.1 Å². The van der Waals surface area contributed by atoms with Crippen LogP contribution in [0.3, 0.4) is 0 Å². The van der Waals surface area contributed by atoms with Crippen molar-refractivity contribution in [1.29, 1.82) is 0 Å². The standard InChI is InChI=1S/C23H20N6O2S/c1-31-20-13-7-16(8-14-20)22-25-23(29-28-22)32-15-21(30)24-17-9-11-19(12-10-17)27-26-18-5-3-2-4-6-18/h2-14H,15H2,1H3,(H,24,30)(H,25,28,29). The van der Waals surface area contributed by atoms with Crippen LogP contribution in [0.15, 0.2) is 94.2 Å². The fourth-order valence-electron chi connectivity index (χ4n) is 2.74. The minimum Gasteiger partial charge on any atom is -0.497 e.